The van der Waals surface area contributed by atoms with Crippen molar-refractivity contribution < 1.29 is 9.53 Å². The number of ether oxygens (including phenoxy) is 1. The zero-order valence-electron chi connectivity index (χ0n) is 10.1. The van der Waals surface area contributed by atoms with E-state index in [1.54, 1.807) is 18.2 Å². The highest BCUT2D eigenvalue weighted by atomic mass is 35.5. The molecule has 98 valence electrons. The normalized spacial score (nSPS) is 20.7. The van der Waals surface area contributed by atoms with E-state index >= 15 is 0 Å². The number of benzene rings is 1. The SMILES string of the molecule is C[C@H](NC(=O)c1cc(Cl)cc(Cl)c1)[C@H]1CCCO1. The first-order chi connectivity index (χ1) is 8.56. The monoisotopic (exact) mass is 287 g/mol. The van der Waals surface area contributed by atoms with Crippen LogP contribution >= 0.6 is 23.2 Å². The van der Waals surface area contributed by atoms with E-state index in [-0.39, 0.29) is 18.1 Å². The van der Waals surface area contributed by atoms with E-state index in [9.17, 15) is 4.79 Å². The topological polar surface area (TPSA) is 38.3 Å². The predicted octanol–water partition coefficient (Wildman–Crippen LogP) is 3.29. The summed E-state index contributed by atoms with van der Waals surface area (Å²) in [6, 6.07) is 4.79. The fourth-order valence-corrected chi connectivity index (χ4v) is 2.59. The summed E-state index contributed by atoms with van der Waals surface area (Å²) in [6.07, 6.45) is 2.13. The van der Waals surface area contributed by atoms with Gasteiger partial charge in [-0.15, -0.1) is 0 Å². The van der Waals surface area contributed by atoms with Crippen molar-refractivity contribution in [1.82, 2.24) is 5.32 Å². The summed E-state index contributed by atoms with van der Waals surface area (Å²) in [5.74, 6) is -0.178. The molecule has 2 atom stereocenters. The van der Waals surface area contributed by atoms with Gasteiger partial charge in [0.1, 0.15) is 0 Å². The Labute approximate surface area is 116 Å². The van der Waals surface area contributed by atoms with Crippen molar-refractivity contribution in [2.24, 2.45) is 0 Å². The maximum Gasteiger partial charge on any atom is 0.251 e. The summed E-state index contributed by atoms with van der Waals surface area (Å²) < 4.78 is 5.53. The molecule has 1 aromatic carbocycles. The maximum atomic E-state index is 12.0. The van der Waals surface area contributed by atoms with Gasteiger partial charge in [0.05, 0.1) is 12.1 Å². The highest BCUT2D eigenvalue weighted by molar-refractivity contribution is 6.35. The number of hydrogen-bond donors (Lipinski definition) is 1. The first-order valence-corrected chi connectivity index (χ1v) is 6.70. The van der Waals surface area contributed by atoms with Crippen LogP contribution in [0.15, 0.2) is 18.2 Å². The molecule has 0 unspecified atom stereocenters. The molecule has 18 heavy (non-hydrogen) atoms. The van der Waals surface area contributed by atoms with Crippen molar-refractivity contribution in [3.63, 3.8) is 0 Å². The lowest BCUT2D eigenvalue weighted by Gasteiger charge is -2.20. The van der Waals surface area contributed by atoms with Crippen molar-refractivity contribution in [3.8, 4) is 0 Å². The number of halogens is 2. The Morgan fingerprint density at radius 1 is 1.39 bits per heavy atom. The van der Waals surface area contributed by atoms with Gasteiger partial charge < -0.3 is 10.1 Å². The van der Waals surface area contributed by atoms with Crippen molar-refractivity contribution in [2.45, 2.75) is 31.9 Å². The lowest BCUT2D eigenvalue weighted by atomic mass is 10.1. The Bertz CT molecular complexity index is 424. The summed E-state index contributed by atoms with van der Waals surface area (Å²) >= 11 is 11.7. The molecule has 5 heteroatoms. The first-order valence-electron chi connectivity index (χ1n) is 5.95. The predicted molar refractivity (Wildman–Crippen MR) is 72.4 cm³/mol. The average molecular weight is 288 g/mol. The molecule has 1 aliphatic heterocycles. The van der Waals surface area contributed by atoms with E-state index in [0.29, 0.717) is 15.6 Å². The molecule has 1 saturated heterocycles. The number of carbonyl (C=O) groups excluding carboxylic acids is 1. The van der Waals surface area contributed by atoms with Gasteiger partial charge in [0.2, 0.25) is 0 Å². The third-order valence-corrected chi connectivity index (χ3v) is 3.44. The molecular formula is C13H15Cl2NO2. The molecule has 2 rings (SSSR count). The molecule has 0 aromatic heterocycles. The van der Waals surface area contributed by atoms with E-state index in [1.807, 2.05) is 6.92 Å². The lowest BCUT2D eigenvalue weighted by molar-refractivity contribution is 0.0712. The number of amides is 1. The van der Waals surface area contributed by atoms with Gasteiger partial charge >= 0.3 is 0 Å². The Balaban J connectivity index is 2.02. The van der Waals surface area contributed by atoms with E-state index < -0.39 is 0 Å². The molecule has 0 bridgehead atoms. The van der Waals surface area contributed by atoms with Crippen LogP contribution in [0.1, 0.15) is 30.1 Å². The molecule has 0 radical (unpaired) electrons. The van der Waals surface area contributed by atoms with Gasteiger partial charge in [-0.05, 0) is 38.0 Å². The van der Waals surface area contributed by atoms with Crippen LogP contribution in [0.3, 0.4) is 0 Å². The molecule has 1 fully saturated rings. The minimum absolute atomic E-state index is 0.0160. The standard InChI is InChI=1S/C13H15Cl2NO2/c1-8(12-3-2-4-18-12)16-13(17)9-5-10(14)7-11(15)6-9/h5-8,12H,2-4H2,1H3,(H,16,17)/t8-,12+/m0/s1. The molecular weight excluding hydrogens is 273 g/mol. The summed E-state index contributed by atoms with van der Waals surface area (Å²) in [5, 5.41) is 3.82. The summed E-state index contributed by atoms with van der Waals surface area (Å²) in [5.41, 5.74) is 0.470. The van der Waals surface area contributed by atoms with Gasteiger partial charge in [-0.3, -0.25) is 4.79 Å². The van der Waals surface area contributed by atoms with Crippen molar-refractivity contribution in [3.05, 3.63) is 33.8 Å². The third kappa shape index (κ3) is 3.37. The second-order valence-corrected chi connectivity index (χ2v) is 5.34. The molecule has 1 heterocycles. The number of nitrogens with one attached hydrogen (secondary N) is 1. The molecule has 1 aliphatic rings. The number of rotatable bonds is 3. The Kier molecular flexibility index (Phi) is 4.49. The van der Waals surface area contributed by atoms with Gasteiger partial charge in [0.25, 0.3) is 5.91 Å². The summed E-state index contributed by atoms with van der Waals surface area (Å²) in [7, 11) is 0. The van der Waals surface area contributed by atoms with E-state index in [4.69, 9.17) is 27.9 Å². The Morgan fingerprint density at radius 2 is 2.06 bits per heavy atom. The Morgan fingerprint density at radius 3 is 2.61 bits per heavy atom. The minimum atomic E-state index is -0.178. The van der Waals surface area contributed by atoms with Gasteiger partial charge in [-0.2, -0.15) is 0 Å². The van der Waals surface area contributed by atoms with Crippen LogP contribution < -0.4 is 5.32 Å². The second-order valence-electron chi connectivity index (χ2n) is 4.47. The second kappa shape index (κ2) is 5.91. The molecule has 0 spiro atoms. The van der Waals surface area contributed by atoms with Crippen LogP contribution in [0.5, 0.6) is 0 Å². The maximum absolute atomic E-state index is 12.0. The zero-order chi connectivity index (χ0) is 13.1. The quantitative estimate of drug-likeness (QED) is 0.926. The fourth-order valence-electron chi connectivity index (χ4n) is 2.06. The Hall–Kier alpha value is -0.770. The van der Waals surface area contributed by atoms with Crippen LogP contribution in [-0.4, -0.2) is 24.7 Å². The summed E-state index contributed by atoms with van der Waals surface area (Å²) in [6.45, 7) is 2.72. The molecule has 1 aromatic rings. The number of carbonyl (C=O) groups is 1. The fraction of sp³-hybridized carbons (Fsp3) is 0.462. The summed E-state index contributed by atoms with van der Waals surface area (Å²) in [4.78, 5) is 12.0. The lowest BCUT2D eigenvalue weighted by Crippen LogP contribution is -2.40. The van der Waals surface area contributed by atoms with Crippen molar-refractivity contribution >= 4 is 29.1 Å². The smallest absolute Gasteiger partial charge is 0.251 e. The van der Waals surface area contributed by atoms with Crippen molar-refractivity contribution in [1.29, 1.82) is 0 Å². The van der Waals surface area contributed by atoms with Crippen molar-refractivity contribution in [2.75, 3.05) is 6.61 Å². The van der Waals surface area contributed by atoms with Crippen LogP contribution in [0.25, 0.3) is 0 Å². The first kappa shape index (κ1) is 13.7. The third-order valence-electron chi connectivity index (χ3n) is 3.01. The minimum Gasteiger partial charge on any atom is -0.376 e. The van der Waals surface area contributed by atoms with Gasteiger partial charge in [0.15, 0.2) is 0 Å². The van der Waals surface area contributed by atoms with Crippen LogP contribution in [0, 0.1) is 0 Å². The molecule has 1 N–H and O–H groups in total. The molecule has 1 amide bonds. The molecule has 3 nitrogen and oxygen atoms in total. The van der Waals surface area contributed by atoms with E-state index in [1.165, 1.54) is 0 Å². The van der Waals surface area contributed by atoms with E-state index in [0.717, 1.165) is 19.4 Å². The largest absolute Gasteiger partial charge is 0.376 e. The van der Waals surface area contributed by atoms with Gasteiger partial charge in [-0.25, -0.2) is 0 Å². The highest BCUT2D eigenvalue weighted by Gasteiger charge is 2.24. The van der Waals surface area contributed by atoms with E-state index in [2.05, 4.69) is 5.32 Å². The van der Waals surface area contributed by atoms with Crippen LogP contribution in [-0.2, 0) is 4.74 Å². The van der Waals surface area contributed by atoms with Crippen LogP contribution in [0.4, 0.5) is 0 Å². The van der Waals surface area contributed by atoms with Crippen LogP contribution in [0.2, 0.25) is 10.0 Å². The number of hydrogen-bond acceptors (Lipinski definition) is 2. The van der Waals surface area contributed by atoms with Gasteiger partial charge in [-0.1, -0.05) is 23.2 Å². The zero-order valence-corrected chi connectivity index (χ0v) is 11.6. The van der Waals surface area contributed by atoms with Gasteiger partial charge in [0, 0.05) is 22.2 Å². The average Bonchev–Trinajstić information content (AvgIpc) is 2.80. The molecule has 0 saturated carbocycles. The molecule has 0 aliphatic carbocycles. The highest BCUT2D eigenvalue weighted by Crippen LogP contribution is 2.20.